The van der Waals surface area contributed by atoms with Crippen molar-refractivity contribution in [3.05, 3.63) is 83.2 Å². The maximum atomic E-state index is 12.7. The predicted octanol–water partition coefficient (Wildman–Crippen LogP) is 5.35. The molecule has 0 spiro atoms. The summed E-state index contributed by atoms with van der Waals surface area (Å²) in [6, 6.07) is 17.6. The van der Waals surface area contributed by atoms with E-state index in [-0.39, 0.29) is 11.7 Å². The van der Waals surface area contributed by atoms with E-state index < -0.39 is 12.8 Å². The molecule has 29 heavy (non-hydrogen) atoms. The van der Waals surface area contributed by atoms with Gasteiger partial charge in [0.15, 0.2) is 6.61 Å². The van der Waals surface area contributed by atoms with E-state index in [0.29, 0.717) is 17.8 Å². The summed E-state index contributed by atoms with van der Waals surface area (Å²) >= 11 is 0. The molecule has 3 aromatic rings. The zero-order valence-electron chi connectivity index (χ0n) is 16.1. The van der Waals surface area contributed by atoms with Gasteiger partial charge in [-0.3, -0.25) is 4.79 Å². The lowest BCUT2D eigenvalue weighted by Gasteiger charge is -2.12. The Hall–Kier alpha value is -3.22. The molecule has 1 amide bonds. The number of halogens is 3. The molecule has 0 aliphatic carbocycles. The van der Waals surface area contributed by atoms with Crippen LogP contribution in [0.4, 0.5) is 18.9 Å². The van der Waals surface area contributed by atoms with Crippen LogP contribution in [0.3, 0.4) is 0 Å². The number of aryl methyl sites for hydroxylation is 1. The minimum atomic E-state index is -4.42. The van der Waals surface area contributed by atoms with E-state index in [1.807, 2.05) is 48.7 Å². The van der Waals surface area contributed by atoms with Crippen molar-refractivity contribution >= 4 is 11.6 Å². The van der Waals surface area contributed by atoms with Crippen molar-refractivity contribution in [1.29, 1.82) is 0 Å². The molecule has 152 valence electrons. The molecule has 0 aliphatic heterocycles. The van der Waals surface area contributed by atoms with Gasteiger partial charge in [-0.2, -0.15) is 13.2 Å². The summed E-state index contributed by atoms with van der Waals surface area (Å²) in [7, 11) is 0. The molecule has 1 heterocycles. The van der Waals surface area contributed by atoms with E-state index in [2.05, 4.69) is 5.32 Å². The number of carbonyl (C=O) groups is 1. The highest BCUT2D eigenvalue weighted by atomic mass is 19.4. The van der Waals surface area contributed by atoms with Crippen molar-refractivity contribution in [2.75, 3.05) is 11.9 Å². The van der Waals surface area contributed by atoms with Gasteiger partial charge in [0, 0.05) is 29.7 Å². The largest absolute Gasteiger partial charge is 0.484 e. The monoisotopic (exact) mass is 402 g/mol. The third-order valence-corrected chi connectivity index (χ3v) is 4.50. The molecule has 0 saturated carbocycles. The molecule has 0 bridgehead atoms. The Bertz CT molecular complexity index is 995. The maximum Gasteiger partial charge on any atom is 0.422 e. The van der Waals surface area contributed by atoms with Gasteiger partial charge >= 0.3 is 6.18 Å². The second-order valence-electron chi connectivity index (χ2n) is 6.74. The number of anilines is 1. The highest BCUT2D eigenvalue weighted by molar-refractivity contribution is 6.05. The van der Waals surface area contributed by atoms with E-state index in [9.17, 15) is 18.0 Å². The summed E-state index contributed by atoms with van der Waals surface area (Å²) in [4.78, 5) is 12.7. The fraction of sp³-hybridized carbons (Fsp3) is 0.227. The van der Waals surface area contributed by atoms with Crippen LogP contribution in [0.15, 0.2) is 60.7 Å². The van der Waals surface area contributed by atoms with Crippen LogP contribution in [0.5, 0.6) is 5.75 Å². The number of ether oxygens (including phenoxy) is 1. The van der Waals surface area contributed by atoms with Crippen LogP contribution in [0.25, 0.3) is 0 Å². The van der Waals surface area contributed by atoms with Crippen LogP contribution in [0.2, 0.25) is 0 Å². The van der Waals surface area contributed by atoms with Crippen molar-refractivity contribution in [1.82, 2.24) is 4.57 Å². The van der Waals surface area contributed by atoms with E-state index in [1.165, 1.54) is 18.2 Å². The fourth-order valence-corrected chi connectivity index (χ4v) is 3.07. The number of nitrogens with one attached hydrogen (secondary N) is 1. The minimum absolute atomic E-state index is 0.0367. The number of hydrogen-bond acceptors (Lipinski definition) is 2. The standard InChI is InChI=1S/C22H21F3N2O2/c1-15-11-20(16(2)27(15)13-17-7-4-3-5-8-17)21(28)26-18-9-6-10-19(12-18)29-14-22(23,24)25/h3-12H,13-14H2,1-2H3,(H,26,28). The molecular formula is C22H21F3N2O2. The van der Waals surface area contributed by atoms with Gasteiger partial charge in [-0.1, -0.05) is 36.4 Å². The molecule has 0 radical (unpaired) electrons. The quantitative estimate of drug-likeness (QED) is 0.604. The number of nitrogens with zero attached hydrogens (tertiary/aromatic N) is 1. The molecule has 1 aromatic heterocycles. The Kier molecular flexibility index (Phi) is 5.96. The first kappa shape index (κ1) is 20.5. The van der Waals surface area contributed by atoms with Gasteiger partial charge in [-0.15, -0.1) is 0 Å². The number of alkyl halides is 3. The molecule has 2 aromatic carbocycles. The van der Waals surface area contributed by atoms with Crippen molar-refractivity contribution in [2.24, 2.45) is 0 Å². The summed E-state index contributed by atoms with van der Waals surface area (Å²) < 4.78 is 43.7. The Balaban J connectivity index is 1.74. The third-order valence-electron chi connectivity index (χ3n) is 4.50. The lowest BCUT2D eigenvalue weighted by molar-refractivity contribution is -0.153. The highest BCUT2D eigenvalue weighted by Gasteiger charge is 2.28. The Morgan fingerprint density at radius 3 is 2.45 bits per heavy atom. The molecule has 4 nitrogen and oxygen atoms in total. The van der Waals surface area contributed by atoms with Crippen LogP contribution in [0.1, 0.15) is 27.3 Å². The van der Waals surface area contributed by atoms with Crippen LogP contribution in [0, 0.1) is 13.8 Å². The molecule has 0 atom stereocenters. The second kappa shape index (κ2) is 8.43. The predicted molar refractivity (Wildman–Crippen MR) is 105 cm³/mol. The summed E-state index contributed by atoms with van der Waals surface area (Å²) in [6.45, 7) is 3.06. The van der Waals surface area contributed by atoms with Gasteiger partial charge < -0.3 is 14.6 Å². The summed E-state index contributed by atoms with van der Waals surface area (Å²) in [6.07, 6.45) is -4.42. The first-order valence-electron chi connectivity index (χ1n) is 9.04. The highest BCUT2D eigenvalue weighted by Crippen LogP contribution is 2.23. The van der Waals surface area contributed by atoms with Gasteiger partial charge in [-0.05, 0) is 37.6 Å². The van der Waals surface area contributed by atoms with Crippen LogP contribution in [-0.4, -0.2) is 23.3 Å². The van der Waals surface area contributed by atoms with Gasteiger partial charge in [-0.25, -0.2) is 0 Å². The summed E-state index contributed by atoms with van der Waals surface area (Å²) in [5.41, 5.74) is 3.76. The zero-order valence-corrected chi connectivity index (χ0v) is 16.1. The second-order valence-corrected chi connectivity index (χ2v) is 6.74. The van der Waals surface area contributed by atoms with Crippen molar-refractivity contribution in [3.8, 4) is 5.75 Å². The number of amides is 1. The number of hydrogen-bond donors (Lipinski definition) is 1. The van der Waals surface area contributed by atoms with E-state index in [1.54, 1.807) is 12.1 Å². The van der Waals surface area contributed by atoms with Crippen LogP contribution >= 0.6 is 0 Å². The van der Waals surface area contributed by atoms with Crippen molar-refractivity contribution in [2.45, 2.75) is 26.6 Å². The van der Waals surface area contributed by atoms with Crippen molar-refractivity contribution in [3.63, 3.8) is 0 Å². The normalized spacial score (nSPS) is 11.3. The molecule has 1 N–H and O–H groups in total. The number of benzene rings is 2. The lowest BCUT2D eigenvalue weighted by atomic mass is 10.2. The number of aromatic nitrogens is 1. The Morgan fingerprint density at radius 1 is 1.03 bits per heavy atom. The minimum Gasteiger partial charge on any atom is -0.484 e. The van der Waals surface area contributed by atoms with Crippen LogP contribution < -0.4 is 10.1 Å². The third kappa shape index (κ3) is 5.40. The van der Waals surface area contributed by atoms with E-state index in [4.69, 9.17) is 4.74 Å². The Morgan fingerprint density at radius 2 is 1.76 bits per heavy atom. The summed E-state index contributed by atoms with van der Waals surface area (Å²) in [5.74, 6) is -0.292. The molecule has 0 aliphatic rings. The molecule has 3 rings (SSSR count). The molecule has 0 saturated heterocycles. The molecular weight excluding hydrogens is 381 g/mol. The number of rotatable bonds is 6. The van der Waals surface area contributed by atoms with E-state index >= 15 is 0 Å². The maximum absolute atomic E-state index is 12.7. The fourth-order valence-electron chi connectivity index (χ4n) is 3.07. The Labute approximate surface area is 166 Å². The lowest BCUT2D eigenvalue weighted by Crippen LogP contribution is -2.19. The molecule has 7 heteroatoms. The topological polar surface area (TPSA) is 43.3 Å². The van der Waals surface area contributed by atoms with Crippen molar-refractivity contribution < 1.29 is 22.7 Å². The van der Waals surface area contributed by atoms with Gasteiger partial charge in [0.1, 0.15) is 5.75 Å². The molecule has 0 unspecified atom stereocenters. The summed E-state index contributed by atoms with van der Waals surface area (Å²) in [5, 5.41) is 2.73. The van der Waals surface area contributed by atoms with Gasteiger partial charge in [0.05, 0.1) is 5.56 Å². The van der Waals surface area contributed by atoms with Crippen LogP contribution in [-0.2, 0) is 6.54 Å². The number of carbonyl (C=O) groups excluding carboxylic acids is 1. The average Bonchev–Trinajstić information content (AvgIpc) is 2.95. The molecule has 0 fully saturated rings. The van der Waals surface area contributed by atoms with Gasteiger partial charge in [0.25, 0.3) is 5.91 Å². The van der Waals surface area contributed by atoms with E-state index in [0.717, 1.165) is 17.0 Å². The SMILES string of the molecule is Cc1cc(C(=O)Nc2cccc(OCC(F)(F)F)c2)c(C)n1Cc1ccccc1. The first-order valence-corrected chi connectivity index (χ1v) is 9.04. The smallest absolute Gasteiger partial charge is 0.422 e. The zero-order chi connectivity index (χ0) is 21.0. The first-order chi connectivity index (χ1) is 13.7. The van der Waals surface area contributed by atoms with Gasteiger partial charge in [0.2, 0.25) is 0 Å². The average molecular weight is 402 g/mol.